The summed E-state index contributed by atoms with van der Waals surface area (Å²) in [6.45, 7) is 8.32. The smallest absolute Gasteiger partial charge is 0.222 e. The molecule has 2 aromatic carbocycles. The summed E-state index contributed by atoms with van der Waals surface area (Å²) in [5.74, 6) is 1.31. The zero-order valence-electron chi connectivity index (χ0n) is 18.1. The topological polar surface area (TPSA) is 76.7 Å². The Morgan fingerprint density at radius 3 is 2.63 bits per heavy atom. The zero-order chi connectivity index (χ0) is 21.7. The summed E-state index contributed by atoms with van der Waals surface area (Å²) in [7, 11) is 0. The molecule has 1 heterocycles. The first-order valence-electron chi connectivity index (χ1n) is 10.4. The van der Waals surface area contributed by atoms with Crippen molar-refractivity contribution >= 4 is 11.8 Å². The molecule has 2 amide bonds. The van der Waals surface area contributed by atoms with Crippen LogP contribution in [-0.2, 0) is 22.6 Å². The Kier molecular flexibility index (Phi) is 6.98. The second kappa shape index (κ2) is 9.65. The Morgan fingerprint density at radius 2 is 1.97 bits per heavy atom. The van der Waals surface area contributed by atoms with E-state index in [1.807, 2.05) is 57.2 Å². The molecule has 0 aliphatic carbocycles. The summed E-state index contributed by atoms with van der Waals surface area (Å²) in [5.41, 5.74) is 4.04. The highest BCUT2D eigenvalue weighted by Crippen LogP contribution is 2.35. The van der Waals surface area contributed by atoms with Gasteiger partial charge in [-0.2, -0.15) is 0 Å². The molecule has 1 aliphatic heterocycles. The van der Waals surface area contributed by atoms with Gasteiger partial charge in [0.1, 0.15) is 17.6 Å². The number of fused-ring (bicyclic) bond motifs is 1. The van der Waals surface area contributed by atoms with E-state index >= 15 is 0 Å². The van der Waals surface area contributed by atoms with Crippen LogP contribution < -0.4 is 20.1 Å². The van der Waals surface area contributed by atoms with Crippen LogP contribution in [0.2, 0.25) is 0 Å². The number of hydrogen-bond donors (Lipinski definition) is 2. The minimum absolute atomic E-state index is 0.146. The van der Waals surface area contributed by atoms with E-state index < -0.39 is 0 Å². The Bertz CT molecular complexity index is 908. The summed E-state index contributed by atoms with van der Waals surface area (Å²) in [4.78, 5) is 24.3. The van der Waals surface area contributed by atoms with Gasteiger partial charge in [-0.15, -0.1) is 0 Å². The monoisotopic (exact) mass is 410 g/mol. The van der Waals surface area contributed by atoms with Gasteiger partial charge in [0.15, 0.2) is 0 Å². The SMILES string of the molecule is CCOc1cc2c(cc1CNC(=O)CC(NC(C)=O)c1ccc(C)cc1)OC(C)C2. The molecule has 1 aliphatic rings. The molecular formula is C24H30N2O4. The van der Waals surface area contributed by atoms with Crippen LogP contribution in [0.5, 0.6) is 11.5 Å². The quantitative estimate of drug-likeness (QED) is 0.697. The summed E-state index contributed by atoms with van der Waals surface area (Å²) in [6.07, 6.45) is 1.16. The molecule has 2 unspecified atom stereocenters. The summed E-state index contributed by atoms with van der Waals surface area (Å²) in [5, 5.41) is 5.83. The van der Waals surface area contributed by atoms with E-state index in [1.165, 1.54) is 6.92 Å². The number of carbonyl (C=O) groups excluding carboxylic acids is 2. The minimum atomic E-state index is -0.376. The van der Waals surface area contributed by atoms with Gasteiger partial charge in [0.05, 0.1) is 19.1 Å². The predicted molar refractivity (Wildman–Crippen MR) is 116 cm³/mol. The fourth-order valence-electron chi connectivity index (χ4n) is 3.66. The molecule has 0 aromatic heterocycles. The maximum Gasteiger partial charge on any atom is 0.222 e. The molecule has 2 aromatic rings. The Balaban J connectivity index is 1.68. The van der Waals surface area contributed by atoms with Crippen molar-refractivity contribution in [1.82, 2.24) is 10.6 Å². The number of carbonyl (C=O) groups is 2. The lowest BCUT2D eigenvalue weighted by molar-refractivity contribution is -0.122. The summed E-state index contributed by atoms with van der Waals surface area (Å²) >= 11 is 0. The second-order valence-electron chi connectivity index (χ2n) is 7.78. The van der Waals surface area contributed by atoms with Gasteiger partial charge < -0.3 is 20.1 Å². The van der Waals surface area contributed by atoms with Crippen LogP contribution in [0.25, 0.3) is 0 Å². The lowest BCUT2D eigenvalue weighted by Crippen LogP contribution is -2.32. The van der Waals surface area contributed by atoms with Crippen molar-refractivity contribution in [2.45, 2.75) is 59.2 Å². The molecule has 30 heavy (non-hydrogen) atoms. The Labute approximate surface area is 178 Å². The average molecular weight is 411 g/mol. The first-order valence-corrected chi connectivity index (χ1v) is 10.4. The number of ether oxygens (including phenoxy) is 2. The van der Waals surface area contributed by atoms with Gasteiger partial charge in [-0.3, -0.25) is 9.59 Å². The molecule has 2 atom stereocenters. The molecule has 0 spiro atoms. The van der Waals surface area contributed by atoms with Crippen molar-refractivity contribution in [2.24, 2.45) is 0 Å². The van der Waals surface area contributed by atoms with Crippen LogP contribution in [0.15, 0.2) is 36.4 Å². The number of nitrogens with one attached hydrogen (secondary N) is 2. The average Bonchev–Trinajstić information content (AvgIpc) is 3.05. The molecule has 0 radical (unpaired) electrons. The molecule has 2 N–H and O–H groups in total. The lowest BCUT2D eigenvalue weighted by atomic mass is 10.0. The highest BCUT2D eigenvalue weighted by atomic mass is 16.5. The van der Waals surface area contributed by atoms with Crippen molar-refractivity contribution in [3.63, 3.8) is 0 Å². The molecule has 6 nitrogen and oxygen atoms in total. The van der Waals surface area contributed by atoms with Gasteiger partial charge in [0, 0.05) is 31.0 Å². The largest absolute Gasteiger partial charge is 0.494 e. The molecule has 0 bridgehead atoms. The van der Waals surface area contributed by atoms with Crippen LogP contribution in [-0.4, -0.2) is 24.5 Å². The van der Waals surface area contributed by atoms with E-state index in [0.29, 0.717) is 13.2 Å². The van der Waals surface area contributed by atoms with Crippen molar-refractivity contribution < 1.29 is 19.1 Å². The van der Waals surface area contributed by atoms with E-state index in [0.717, 1.165) is 40.2 Å². The second-order valence-corrected chi connectivity index (χ2v) is 7.78. The minimum Gasteiger partial charge on any atom is -0.494 e. The van der Waals surface area contributed by atoms with Gasteiger partial charge in [0.25, 0.3) is 0 Å². The van der Waals surface area contributed by atoms with Gasteiger partial charge in [0.2, 0.25) is 11.8 Å². The first kappa shape index (κ1) is 21.7. The molecule has 160 valence electrons. The normalized spacial score (nSPS) is 15.7. The standard InChI is InChI=1S/C24H30N2O4/c1-5-29-22-11-19-10-16(3)30-23(19)12-20(22)14-25-24(28)13-21(26-17(4)27)18-8-6-15(2)7-9-18/h6-9,11-12,16,21H,5,10,13-14H2,1-4H3,(H,25,28)(H,26,27). The Hall–Kier alpha value is -3.02. The lowest BCUT2D eigenvalue weighted by Gasteiger charge is -2.19. The number of aryl methyl sites for hydroxylation is 1. The number of rotatable bonds is 8. The van der Waals surface area contributed by atoms with Crippen LogP contribution in [0.3, 0.4) is 0 Å². The maximum atomic E-state index is 12.7. The fourth-order valence-corrected chi connectivity index (χ4v) is 3.66. The van der Waals surface area contributed by atoms with Crippen LogP contribution in [0.1, 0.15) is 55.5 Å². The third kappa shape index (κ3) is 5.53. The van der Waals surface area contributed by atoms with Crippen molar-refractivity contribution in [1.29, 1.82) is 0 Å². The highest BCUT2D eigenvalue weighted by Gasteiger charge is 2.22. The molecule has 0 fully saturated rings. The number of amides is 2. The molecule has 0 saturated carbocycles. The zero-order valence-corrected chi connectivity index (χ0v) is 18.1. The highest BCUT2D eigenvalue weighted by molar-refractivity contribution is 5.79. The van der Waals surface area contributed by atoms with Crippen molar-refractivity contribution in [3.05, 3.63) is 58.7 Å². The van der Waals surface area contributed by atoms with Crippen LogP contribution in [0.4, 0.5) is 0 Å². The van der Waals surface area contributed by atoms with E-state index in [9.17, 15) is 9.59 Å². The summed E-state index contributed by atoms with van der Waals surface area (Å²) in [6, 6.07) is 11.4. The maximum absolute atomic E-state index is 12.7. The molecule has 6 heteroatoms. The van der Waals surface area contributed by atoms with Crippen molar-refractivity contribution in [2.75, 3.05) is 6.61 Å². The number of hydrogen-bond acceptors (Lipinski definition) is 4. The van der Waals surface area contributed by atoms with Crippen LogP contribution >= 0.6 is 0 Å². The first-order chi connectivity index (χ1) is 14.4. The van der Waals surface area contributed by atoms with Gasteiger partial charge in [-0.25, -0.2) is 0 Å². The van der Waals surface area contributed by atoms with Gasteiger partial charge in [-0.05, 0) is 38.5 Å². The Morgan fingerprint density at radius 1 is 1.23 bits per heavy atom. The fraction of sp³-hybridized carbons (Fsp3) is 0.417. The molecule has 0 saturated heterocycles. The van der Waals surface area contributed by atoms with E-state index in [4.69, 9.17) is 9.47 Å². The predicted octanol–water partition coefficient (Wildman–Crippen LogP) is 3.60. The van der Waals surface area contributed by atoms with Crippen LogP contribution in [0, 0.1) is 6.92 Å². The summed E-state index contributed by atoms with van der Waals surface area (Å²) < 4.78 is 11.6. The number of benzene rings is 2. The third-order valence-corrected chi connectivity index (χ3v) is 5.10. The van der Waals surface area contributed by atoms with Crippen molar-refractivity contribution in [3.8, 4) is 11.5 Å². The van der Waals surface area contributed by atoms with Gasteiger partial charge >= 0.3 is 0 Å². The van der Waals surface area contributed by atoms with Gasteiger partial charge in [-0.1, -0.05) is 29.8 Å². The van der Waals surface area contributed by atoms with E-state index in [1.54, 1.807) is 0 Å². The third-order valence-electron chi connectivity index (χ3n) is 5.10. The molecular weight excluding hydrogens is 380 g/mol. The van der Waals surface area contributed by atoms with E-state index in [2.05, 4.69) is 10.6 Å². The molecule has 3 rings (SSSR count). The van der Waals surface area contributed by atoms with E-state index in [-0.39, 0.29) is 30.4 Å².